The predicted molar refractivity (Wildman–Crippen MR) is 97.1 cm³/mol. The molecule has 25 heavy (non-hydrogen) atoms. The number of non-ortho nitro benzene ring substituents is 1. The third-order valence-electron chi connectivity index (χ3n) is 3.81. The summed E-state index contributed by atoms with van der Waals surface area (Å²) in [6.07, 6.45) is 2.86. The lowest BCUT2D eigenvalue weighted by Crippen LogP contribution is -2.12. The van der Waals surface area contributed by atoms with Crippen LogP contribution in [-0.4, -0.2) is 22.7 Å². The van der Waals surface area contributed by atoms with E-state index in [1.807, 2.05) is 35.5 Å². The lowest BCUT2D eigenvalue weighted by molar-refractivity contribution is -0.384. The van der Waals surface area contributed by atoms with E-state index in [0.29, 0.717) is 22.7 Å². The molecule has 3 aromatic rings. The highest BCUT2D eigenvalue weighted by Crippen LogP contribution is 2.34. The predicted octanol–water partition coefficient (Wildman–Crippen LogP) is 4.22. The molecule has 2 heterocycles. The van der Waals surface area contributed by atoms with Crippen LogP contribution in [0.5, 0.6) is 0 Å². The number of hydrogen-bond donors (Lipinski definition) is 0. The minimum atomic E-state index is -0.441. The number of para-hydroxylation sites is 1. The molecule has 0 saturated heterocycles. The summed E-state index contributed by atoms with van der Waals surface area (Å²) >= 11 is 1.61. The smallest absolute Gasteiger partial charge is 0.273 e. The molecule has 4 rings (SSSR count). The summed E-state index contributed by atoms with van der Waals surface area (Å²) in [5, 5.41) is 17.2. The van der Waals surface area contributed by atoms with Gasteiger partial charge >= 0.3 is 0 Å². The first-order valence-corrected chi connectivity index (χ1v) is 8.75. The molecule has 7 nitrogen and oxygen atoms in total. The number of nitro benzene ring substituents is 1. The summed E-state index contributed by atoms with van der Waals surface area (Å²) in [6.45, 7) is 0.879. The van der Waals surface area contributed by atoms with E-state index in [1.165, 1.54) is 12.1 Å². The number of nitrogens with zero attached hydrogens (tertiary/aromatic N) is 4. The van der Waals surface area contributed by atoms with Gasteiger partial charge in [0.2, 0.25) is 5.89 Å². The molecule has 0 aliphatic carbocycles. The number of hydrazone groups is 1. The van der Waals surface area contributed by atoms with E-state index in [0.717, 1.165) is 23.5 Å². The Morgan fingerprint density at radius 3 is 2.96 bits per heavy atom. The van der Waals surface area contributed by atoms with E-state index in [1.54, 1.807) is 17.8 Å². The molecule has 0 amide bonds. The van der Waals surface area contributed by atoms with E-state index >= 15 is 0 Å². The third-order valence-corrected chi connectivity index (χ3v) is 4.86. The summed E-state index contributed by atoms with van der Waals surface area (Å²) in [6, 6.07) is 12.5. The van der Waals surface area contributed by atoms with Gasteiger partial charge in [0.25, 0.3) is 5.69 Å². The fourth-order valence-corrected chi connectivity index (χ4v) is 3.54. The van der Waals surface area contributed by atoms with Gasteiger partial charge in [-0.25, -0.2) is 4.98 Å². The van der Waals surface area contributed by atoms with Crippen LogP contribution in [-0.2, 0) is 5.75 Å². The highest BCUT2D eigenvalue weighted by atomic mass is 32.2. The highest BCUT2D eigenvalue weighted by Gasteiger charge is 2.15. The van der Waals surface area contributed by atoms with Crippen LogP contribution in [0.2, 0.25) is 0 Å². The fraction of sp³-hybridized carbons (Fsp3) is 0.176. The molecule has 0 fully saturated rings. The Kier molecular flexibility index (Phi) is 4.10. The molecule has 1 aromatic heterocycles. The second-order valence-corrected chi connectivity index (χ2v) is 6.50. The van der Waals surface area contributed by atoms with E-state index < -0.39 is 4.92 Å². The van der Waals surface area contributed by atoms with Crippen LogP contribution in [0.4, 0.5) is 11.4 Å². The minimum Gasteiger partial charge on any atom is -0.440 e. The number of rotatable bonds is 5. The maximum atomic E-state index is 10.8. The Balaban J connectivity index is 1.54. The van der Waals surface area contributed by atoms with Gasteiger partial charge < -0.3 is 4.42 Å². The maximum Gasteiger partial charge on any atom is 0.273 e. The molecule has 0 spiro atoms. The number of nitro groups is 1. The van der Waals surface area contributed by atoms with Crippen molar-refractivity contribution < 1.29 is 9.34 Å². The number of aromatic nitrogens is 1. The molecule has 0 radical (unpaired) electrons. The number of oxazole rings is 1. The van der Waals surface area contributed by atoms with Crippen LogP contribution in [0.25, 0.3) is 11.1 Å². The van der Waals surface area contributed by atoms with Gasteiger partial charge in [-0.3, -0.25) is 15.1 Å². The van der Waals surface area contributed by atoms with Crippen LogP contribution in [0, 0.1) is 10.1 Å². The SMILES string of the molecule is O=[N+]([O-])c1ccc2nc(CSc3ccccc3N3CCC=N3)oc2c1. The molecule has 0 bridgehead atoms. The topological polar surface area (TPSA) is 84.8 Å². The Labute approximate surface area is 147 Å². The fourth-order valence-electron chi connectivity index (χ4n) is 2.64. The Morgan fingerprint density at radius 1 is 1.28 bits per heavy atom. The van der Waals surface area contributed by atoms with Crippen molar-refractivity contribution in [2.75, 3.05) is 11.6 Å². The van der Waals surface area contributed by atoms with E-state index in [-0.39, 0.29) is 5.69 Å². The van der Waals surface area contributed by atoms with E-state index in [4.69, 9.17) is 4.42 Å². The lowest BCUT2D eigenvalue weighted by atomic mass is 10.3. The molecule has 126 valence electrons. The highest BCUT2D eigenvalue weighted by molar-refractivity contribution is 7.98. The first-order chi connectivity index (χ1) is 12.2. The van der Waals surface area contributed by atoms with Gasteiger partial charge in [-0.1, -0.05) is 12.1 Å². The van der Waals surface area contributed by atoms with Gasteiger partial charge in [0.05, 0.1) is 22.4 Å². The molecule has 0 unspecified atom stereocenters. The maximum absolute atomic E-state index is 10.8. The van der Waals surface area contributed by atoms with Gasteiger partial charge in [0.1, 0.15) is 5.52 Å². The summed E-state index contributed by atoms with van der Waals surface area (Å²) in [4.78, 5) is 15.9. The van der Waals surface area contributed by atoms with Crippen molar-refractivity contribution in [1.82, 2.24) is 4.98 Å². The molecule has 1 aliphatic heterocycles. The average molecular weight is 354 g/mol. The quantitative estimate of drug-likeness (QED) is 0.387. The van der Waals surface area contributed by atoms with Gasteiger partial charge in [-0.15, -0.1) is 11.8 Å². The van der Waals surface area contributed by atoms with Crippen LogP contribution >= 0.6 is 11.8 Å². The first-order valence-electron chi connectivity index (χ1n) is 7.76. The van der Waals surface area contributed by atoms with Gasteiger partial charge in [-0.2, -0.15) is 5.10 Å². The average Bonchev–Trinajstić information content (AvgIpc) is 3.28. The molecular formula is C17H14N4O3S. The zero-order valence-corrected chi connectivity index (χ0v) is 14.0. The monoisotopic (exact) mass is 354 g/mol. The van der Waals surface area contributed by atoms with Crippen molar-refractivity contribution >= 4 is 40.5 Å². The number of thioether (sulfide) groups is 1. The Hall–Kier alpha value is -2.87. The second kappa shape index (κ2) is 6.56. The first kappa shape index (κ1) is 15.6. The number of benzene rings is 2. The van der Waals surface area contributed by atoms with Crippen molar-refractivity contribution in [3.63, 3.8) is 0 Å². The van der Waals surface area contributed by atoms with Gasteiger partial charge in [-0.05, 0) is 18.2 Å². The summed E-state index contributed by atoms with van der Waals surface area (Å²) in [7, 11) is 0. The number of hydrogen-bond acceptors (Lipinski definition) is 7. The number of anilines is 1. The Bertz CT molecular complexity index is 969. The third kappa shape index (κ3) is 3.20. The van der Waals surface area contributed by atoms with Gasteiger partial charge in [0, 0.05) is 30.1 Å². The Morgan fingerprint density at radius 2 is 2.16 bits per heavy atom. The molecule has 1 aliphatic rings. The van der Waals surface area contributed by atoms with Gasteiger partial charge in [0.15, 0.2) is 5.58 Å². The van der Waals surface area contributed by atoms with Crippen LogP contribution in [0.15, 0.2) is 56.9 Å². The molecule has 0 N–H and O–H groups in total. The van der Waals surface area contributed by atoms with Crippen molar-refractivity contribution in [3.05, 3.63) is 58.5 Å². The lowest BCUT2D eigenvalue weighted by Gasteiger charge is -2.17. The molecule has 0 saturated carbocycles. The molecule has 2 aromatic carbocycles. The van der Waals surface area contributed by atoms with E-state index in [9.17, 15) is 10.1 Å². The van der Waals surface area contributed by atoms with Crippen molar-refractivity contribution in [2.24, 2.45) is 5.10 Å². The van der Waals surface area contributed by atoms with Crippen LogP contribution < -0.4 is 5.01 Å². The van der Waals surface area contributed by atoms with Crippen molar-refractivity contribution in [2.45, 2.75) is 17.1 Å². The largest absolute Gasteiger partial charge is 0.440 e. The van der Waals surface area contributed by atoms with E-state index in [2.05, 4.69) is 10.1 Å². The van der Waals surface area contributed by atoms with Crippen LogP contribution in [0.3, 0.4) is 0 Å². The van der Waals surface area contributed by atoms with Crippen LogP contribution in [0.1, 0.15) is 12.3 Å². The second-order valence-electron chi connectivity index (χ2n) is 5.48. The minimum absolute atomic E-state index is 0.0000867. The zero-order chi connectivity index (χ0) is 17.2. The normalized spacial score (nSPS) is 13.7. The standard InChI is InChI=1S/C17H14N4O3S/c22-21(23)12-6-7-13-15(10-12)24-17(19-13)11-25-16-5-2-1-4-14(16)20-9-3-8-18-20/h1-2,4-8,10H,3,9,11H2. The summed E-state index contributed by atoms with van der Waals surface area (Å²) in [5.74, 6) is 1.08. The molecular weight excluding hydrogens is 340 g/mol. The molecule has 8 heteroatoms. The zero-order valence-electron chi connectivity index (χ0n) is 13.2. The van der Waals surface area contributed by atoms with Crippen molar-refractivity contribution in [3.8, 4) is 0 Å². The number of fused-ring (bicyclic) bond motifs is 1. The summed E-state index contributed by atoms with van der Waals surface area (Å²) in [5.41, 5.74) is 2.12. The van der Waals surface area contributed by atoms with Crippen molar-refractivity contribution in [1.29, 1.82) is 0 Å². The molecule has 0 atom stereocenters. The summed E-state index contributed by atoms with van der Waals surface area (Å²) < 4.78 is 5.67.